The summed E-state index contributed by atoms with van der Waals surface area (Å²) in [5, 5.41) is 5.88. The van der Waals surface area contributed by atoms with Crippen molar-refractivity contribution in [2.24, 2.45) is 17.3 Å². The molecule has 1 aliphatic heterocycles. The standard InChI is InChI=1S/C30H43ClN2O7/c1-8-19(4)23-10-9-11-26(34)33-22(16-20-12-13-24(38-7)21(31)15-20)27(35)32-17-30(5,6)29(37)40-25(14-18(2)3)28(36)39-23/h9,11-13,15,18-19,22-23,25H,8,10,14,16-17H2,1-7H3,(H,32,35)(H,33,34)/t19-,22-,23+,25+/m1/s1. The Morgan fingerprint density at radius 3 is 2.42 bits per heavy atom. The Balaban J connectivity index is 2.40. The molecule has 1 aliphatic rings. The van der Waals surface area contributed by atoms with E-state index in [1.54, 1.807) is 38.1 Å². The summed E-state index contributed by atoms with van der Waals surface area (Å²) >= 11 is 6.27. The topological polar surface area (TPSA) is 120 Å². The highest BCUT2D eigenvalue weighted by Gasteiger charge is 2.37. The Morgan fingerprint density at radius 2 is 1.82 bits per heavy atom. The lowest BCUT2D eigenvalue weighted by Gasteiger charge is -2.29. The zero-order valence-electron chi connectivity index (χ0n) is 24.5. The minimum absolute atomic E-state index is 0.000680. The maximum Gasteiger partial charge on any atom is 0.347 e. The number of nitrogens with one attached hydrogen (secondary N) is 2. The second-order valence-corrected chi connectivity index (χ2v) is 11.8. The van der Waals surface area contributed by atoms with Crippen molar-refractivity contribution < 1.29 is 33.4 Å². The molecular weight excluding hydrogens is 536 g/mol. The Bertz CT molecular complexity index is 1090. The third kappa shape index (κ3) is 9.84. The molecular formula is C30H43ClN2O7. The SMILES string of the molecule is CC[C@@H](C)[C@@H]1CC=CC(=O)N[C@H](Cc2ccc(OC)c(Cl)c2)C(=O)NCC(C)(C)C(=O)O[C@@H](CC(C)C)C(=O)O1. The van der Waals surface area contributed by atoms with Crippen molar-refractivity contribution in [3.63, 3.8) is 0 Å². The van der Waals surface area contributed by atoms with Gasteiger partial charge in [-0.1, -0.05) is 57.9 Å². The molecule has 0 radical (unpaired) electrons. The molecule has 0 fully saturated rings. The van der Waals surface area contributed by atoms with Gasteiger partial charge in [0.2, 0.25) is 11.8 Å². The minimum Gasteiger partial charge on any atom is -0.495 e. The second kappa shape index (κ2) is 15.1. The smallest absolute Gasteiger partial charge is 0.347 e. The van der Waals surface area contributed by atoms with Crippen LogP contribution in [-0.4, -0.2) is 55.7 Å². The van der Waals surface area contributed by atoms with E-state index in [1.807, 2.05) is 27.7 Å². The Morgan fingerprint density at radius 1 is 1.12 bits per heavy atom. The fraction of sp³-hybridized carbons (Fsp3) is 0.600. The number of rotatable bonds is 7. The first-order valence-corrected chi connectivity index (χ1v) is 14.1. The summed E-state index contributed by atoms with van der Waals surface area (Å²) in [4.78, 5) is 52.4. The molecule has 2 N–H and O–H groups in total. The average molecular weight is 579 g/mol. The molecule has 40 heavy (non-hydrogen) atoms. The van der Waals surface area contributed by atoms with E-state index in [4.69, 9.17) is 25.8 Å². The number of methoxy groups -OCH3 is 1. The number of carbonyl (C=O) groups excluding carboxylic acids is 4. The van der Waals surface area contributed by atoms with Crippen LogP contribution >= 0.6 is 11.6 Å². The summed E-state index contributed by atoms with van der Waals surface area (Å²) < 4.78 is 16.7. The van der Waals surface area contributed by atoms with Gasteiger partial charge in [0.15, 0.2) is 6.10 Å². The molecule has 1 aromatic carbocycles. The molecule has 0 saturated carbocycles. The van der Waals surface area contributed by atoms with Gasteiger partial charge < -0.3 is 24.8 Å². The van der Waals surface area contributed by atoms with Gasteiger partial charge in [-0.15, -0.1) is 0 Å². The van der Waals surface area contributed by atoms with Crippen LogP contribution in [0, 0.1) is 17.3 Å². The van der Waals surface area contributed by atoms with Crippen molar-refractivity contribution >= 4 is 35.4 Å². The zero-order valence-corrected chi connectivity index (χ0v) is 25.3. The Hall–Kier alpha value is -3.07. The average Bonchev–Trinajstić information content (AvgIpc) is 2.89. The summed E-state index contributed by atoms with van der Waals surface area (Å²) in [5.74, 6) is -1.64. The van der Waals surface area contributed by atoms with Crippen LogP contribution in [0.2, 0.25) is 5.02 Å². The maximum atomic E-state index is 13.3. The monoisotopic (exact) mass is 578 g/mol. The highest BCUT2D eigenvalue weighted by atomic mass is 35.5. The number of carbonyl (C=O) groups is 4. The van der Waals surface area contributed by atoms with Crippen LogP contribution in [0.25, 0.3) is 0 Å². The van der Waals surface area contributed by atoms with Crippen molar-refractivity contribution in [3.05, 3.63) is 40.9 Å². The highest BCUT2D eigenvalue weighted by molar-refractivity contribution is 6.32. The molecule has 222 valence electrons. The van der Waals surface area contributed by atoms with Crippen LogP contribution in [0.1, 0.15) is 66.4 Å². The van der Waals surface area contributed by atoms with E-state index in [0.29, 0.717) is 22.8 Å². The van der Waals surface area contributed by atoms with Gasteiger partial charge in [-0.2, -0.15) is 0 Å². The summed E-state index contributed by atoms with van der Waals surface area (Å²) in [6, 6.07) is 4.18. The van der Waals surface area contributed by atoms with Gasteiger partial charge in [0.05, 0.1) is 17.5 Å². The van der Waals surface area contributed by atoms with Crippen LogP contribution in [0.4, 0.5) is 0 Å². The number of esters is 2. The van der Waals surface area contributed by atoms with Crippen molar-refractivity contribution in [1.29, 1.82) is 0 Å². The predicted octanol–water partition coefficient (Wildman–Crippen LogP) is 4.39. The van der Waals surface area contributed by atoms with Crippen LogP contribution in [-0.2, 0) is 35.1 Å². The summed E-state index contributed by atoms with van der Waals surface area (Å²) in [6.07, 6.45) is 2.84. The van der Waals surface area contributed by atoms with E-state index < -0.39 is 47.4 Å². The molecule has 10 heteroatoms. The van der Waals surface area contributed by atoms with Gasteiger partial charge in [0.1, 0.15) is 17.9 Å². The zero-order chi connectivity index (χ0) is 30.0. The number of ether oxygens (including phenoxy) is 3. The second-order valence-electron chi connectivity index (χ2n) is 11.4. The van der Waals surface area contributed by atoms with Crippen molar-refractivity contribution in [3.8, 4) is 5.75 Å². The van der Waals surface area contributed by atoms with Crippen LogP contribution in [0.15, 0.2) is 30.4 Å². The Kier molecular flexibility index (Phi) is 12.5. The molecule has 0 unspecified atom stereocenters. The molecule has 0 saturated heterocycles. The summed E-state index contributed by atoms with van der Waals surface area (Å²) in [6.45, 7) is 11.0. The third-order valence-corrected chi connectivity index (χ3v) is 7.22. The molecule has 0 spiro atoms. The molecule has 0 aliphatic carbocycles. The lowest BCUT2D eigenvalue weighted by atomic mass is 9.93. The van der Waals surface area contributed by atoms with E-state index in [2.05, 4.69) is 10.6 Å². The summed E-state index contributed by atoms with van der Waals surface area (Å²) in [5.41, 5.74) is -0.445. The molecule has 0 aromatic heterocycles. The molecule has 4 atom stereocenters. The van der Waals surface area contributed by atoms with Gasteiger partial charge in [0.25, 0.3) is 0 Å². The molecule has 1 aromatic rings. The number of cyclic esters (lactones) is 2. The van der Waals surface area contributed by atoms with Crippen LogP contribution in [0.5, 0.6) is 5.75 Å². The quantitative estimate of drug-likeness (QED) is 0.460. The fourth-order valence-corrected chi connectivity index (χ4v) is 4.39. The van der Waals surface area contributed by atoms with Crippen molar-refractivity contribution in [2.75, 3.05) is 13.7 Å². The van der Waals surface area contributed by atoms with E-state index in [9.17, 15) is 19.2 Å². The van der Waals surface area contributed by atoms with Gasteiger partial charge >= 0.3 is 11.9 Å². The molecule has 1 heterocycles. The molecule has 0 bridgehead atoms. The molecule has 2 rings (SSSR count). The number of hydrogen-bond acceptors (Lipinski definition) is 7. The largest absolute Gasteiger partial charge is 0.495 e. The first-order chi connectivity index (χ1) is 18.8. The first kappa shape index (κ1) is 33.1. The Labute approximate surface area is 242 Å². The molecule has 2 amide bonds. The molecule has 9 nitrogen and oxygen atoms in total. The van der Waals surface area contributed by atoms with Crippen LogP contribution in [0.3, 0.4) is 0 Å². The number of benzene rings is 1. The van der Waals surface area contributed by atoms with E-state index in [-0.39, 0.29) is 31.2 Å². The maximum absolute atomic E-state index is 13.3. The van der Waals surface area contributed by atoms with Gasteiger partial charge in [-0.25, -0.2) is 4.79 Å². The normalized spacial score (nSPS) is 23.6. The van der Waals surface area contributed by atoms with Gasteiger partial charge in [-0.05, 0) is 55.9 Å². The minimum atomic E-state index is -1.16. The van der Waals surface area contributed by atoms with Gasteiger partial charge in [-0.3, -0.25) is 14.4 Å². The van der Waals surface area contributed by atoms with E-state index >= 15 is 0 Å². The number of hydrogen-bond donors (Lipinski definition) is 2. The van der Waals surface area contributed by atoms with Crippen molar-refractivity contribution in [1.82, 2.24) is 10.6 Å². The summed E-state index contributed by atoms with van der Waals surface area (Å²) in [7, 11) is 1.51. The van der Waals surface area contributed by atoms with Crippen LogP contribution < -0.4 is 15.4 Å². The predicted molar refractivity (Wildman–Crippen MR) is 153 cm³/mol. The lowest BCUT2D eigenvalue weighted by Crippen LogP contribution is -2.51. The van der Waals surface area contributed by atoms with E-state index in [1.165, 1.54) is 13.2 Å². The van der Waals surface area contributed by atoms with Gasteiger partial charge in [0, 0.05) is 19.4 Å². The fourth-order valence-electron chi connectivity index (χ4n) is 4.11. The number of amides is 2. The van der Waals surface area contributed by atoms with E-state index in [0.717, 1.165) is 6.42 Å². The number of halogens is 1. The third-order valence-electron chi connectivity index (χ3n) is 6.93. The first-order valence-electron chi connectivity index (χ1n) is 13.8. The van der Waals surface area contributed by atoms with Crippen molar-refractivity contribution in [2.45, 2.75) is 85.5 Å². The highest BCUT2D eigenvalue weighted by Crippen LogP contribution is 2.26. The lowest BCUT2D eigenvalue weighted by molar-refractivity contribution is -0.179.